The van der Waals surface area contributed by atoms with Crippen molar-refractivity contribution in [3.8, 4) is 0 Å². The number of amides is 7. The van der Waals surface area contributed by atoms with E-state index in [9.17, 15) is 24.0 Å². The fourth-order valence-corrected chi connectivity index (χ4v) is 7.79. The smallest absolute Gasteiger partial charge is 0.334 e. The minimum Gasteiger partial charge on any atom is -0.385 e. The van der Waals surface area contributed by atoms with Crippen molar-refractivity contribution in [1.29, 1.82) is 0 Å². The minimum atomic E-state index is -0.812. The molecule has 3 saturated carbocycles. The highest BCUT2D eigenvalue weighted by atomic mass is 16.5. The summed E-state index contributed by atoms with van der Waals surface area (Å²) in [6, 6.07) is -1.21. The summed E-state index contributed by atoms with van der Waals surface area (Å²) < 4.78 is 5.50. The van der Waals surface area contributed by atoms with Crippen LogP contribution < -0.4 is 11.5 Å². The maximum absolute atomic E-state index is 13.5. The van der Waals surface area contributed by atoms with E-state index in [1.54, 1.807) is 11.9 Å². The lowest BCUT2D eigenvalue weighted by Gasteiger charge is -2.59. The number of hydrogen-bond donors (Lipinski definition) is 2. The highest BCUT2D eigenvalue weighted by Crippen LogP contribution is 2.61. The summed E-state index contributed by atoms with van der Waals surface area (Å²) in [7, 11) is 1.55. The molecule has 12 heteroatoms. The van der Waals surface area contributed by atoms with Crippen LogP contribution in [0.2, 0.25) is 0 Å². The first-order valence-corrected chi connectivity index (χ1v) is 14.2. The molecule has 3 aliphatic carbocycles. The van der Waals surface area contributed by atoms with E-state index in [4.69, 9.17) is 16.2 Å². The average Bonchev–Trinajstić information content (AvgIpc) is 3.42. The molecule has 0 aromatic rings. The van der Waals surface area contributed by atoms with E-state index in [1.165, 1.54) is 9.80 Å². The normalized spacial score (nSPS) is 35.5. The lowest BCUT2D eigenvalue weighted by atomic mass is 9.51. The van der Waals surface area contributed by atoms with Gasteiger partial charge in [-0.3, -0.25) is 29.1 Å². The zero-order valence-electron chi connectivity index (χ0n) is 22.5. The third kappa shape index (κ3) is 3.93. The molecule has 2 spiro atoms. The van der Waals surface area contributed by atoms with Gasteiger partial charge in [0.15, 0.2) is 0 Å². The number of carbonyl (C=O) groups excluding carboxylic acids is 5. The van der Waals surface area contributed by atoms with Crippen LogP contribution in [-0.4, -0.2) is 94.3 Å². The van der Waals surface area contributed by atoms with Gasteiger partial charge in [-0.25, -0.2) is 9.59 Å². The Kier molecular flexibility index (Phi) is 6.16. The predicted octanol–water partition coefficient (Wildman–Crippen LogP) is 1.10. The van der Waals surface area contributed by atoms with Crippen molar-refractivity contribution < 1.29 is 28.7 Å². The second-order valence-electron chi connectivity index (χ2n) is 12.6. The lowest BCUT2D eigenvalue weighted by Crippen LogP contribution is -2.66. The summed E-state index contributed by atoms with van der Waals surface area (Å²) in [5.41, 5.74) is 10.2. The Balaban J connectivity index is 1.16. The molecular formula is C27H38N6O6. The SMILES string of the molecule is CN1C(=O)N(C[C@H]2CCOC2)C2(CC3(CCC(N4C(=O)C(=C(N)N)C(=O)N(CC5CCC5)C4=O)CC3)C2)C1=O. The van der Waals surface area contributed by atoms with Crippen LogP contribution in [0.3, 0.4) is 0 Å². The summed E-state index contributed by atoms with van der Waals surface area (Å²) in [6.07, 6.45) is 7.56. The van der Waals surface area contributed by atoms with Crippen LogP contribution in [0.25, 0.3) is 0 Å². The molecular weight excluding hydrogens is 504 g/mol. The van der Waals surface area contributed by atoms with Gasteiger partial charge in [-0.15, -0.1) is 0 Å². The van der Waals surface area contributed by atoms with Crippen molar-refractivity contribution >= 4 is 29.8 Å². The quantitative estimate of drug-likeness (QED) is 0.297. The number of nitrogens with zero attached hydrogens (tertiary/aromatic N) is 4. The molecule has 0 aromatic carbocycles. The van der Waals surface area contributed by atoms with Crippen LogP contribution in [0.5, 0.6) is 0 Å². The van der Waals surface area contributed by atoms with Crippen LogP contribution >= 0.6 is 0 Å². The van der Waals surface area contributed by atoms with E-state index in [1.807, 2.05) is 0 Å². The fourth-order valence-electron chi connectivity index (χ4n) is 7.79. The second kappa shape index (κ2) is 9.21. The number of barbiturate groups is 1. The molecule has 7 amide bonds. The summed E-state index contributed by atoms with van der Waals surface area (Å²) in [5, 5.41) is 0. The molecule has 39 heavy (non-hydrogen) atoms. The van der Waals surface area contributed by atoms with Crippen molar-refractivity contribution in [3.63, 3.8) is 0 Å². The Hall–Kier alpha value is -3.15. The molecule has 1 atom stereocenters. The summed E-state index contributed by atoms with van der Waals surface area (Å²) >= 11 is 0. The van der Waals surface area contributed by atoms with Gasteiger partial charge in [0.25, 0.3) is 17.7 Å². The van der Waals surface area contributed by atoms with Crippen molar-refractivity contribution in [3.05, 3.63) is 11.4 Å². The molecule has 6 rings (SSSR count). The van der Waals surface area contributed by atoms with Crippen LogP contribution in [0.4, 0.5) is 9.59 Å². The van der Waals surface area contributed by atoms with Gasteiger partial charge in [0.05, 0.1) is 6.61 Å². The lowest BCUT2D eigenvalue weighted by molar-refractivity contribution is -0.151. The van der Waals surface area contributed by atoms with E-state index in [2.05, 4.69) is 0 Å². The molecule has 6 fully saturated rings. The fraction of sp³-hybridized carbons (Fsp3) is 0.741. The van der Waals surface area contributed by atoms with Gasteiger partial charge in [-0.05, 0) is 69.1 Å². The molecule has 3 aliphatic heterocycles. The number of urea groups is 2. The van der Waals surface area contributed by atoms with Crippen molar-refractivity contribution in [2.75, 3.05) is 33.4 Å². The first kappa shape index (κ1) is 26.1. The number of hydrogen-bond acceptors (Lipinski definition) is 8. The summed E-state index contributed by atoms with van der Waals surface area (Å²) in [6.45, 7) is 2.07. The van der Waals surface area contributed by atoms with Crippen LogP contribution in [0.1, 0.15) is 64.2 Å². The standard InChI is InChI=1S/C27H38N6O6/c1-30-23(36)27(32(24(30)37)12-17-7-10-39-13-17)14-26(15-27)8-5-18(6-9-26)33-22(35)19(20(28)29)21(34)31(25(33)38)11-16-3-2-4-16/h16-18H,2-15,28-29H2,1H3/t17-,18?,26?,27?/m1/s1. The van der Waals surface area contributed by atoms with Gasteiger partial charge in [0.2, 0.25) is 0 Å². The molecule has 12 nitrogen and oxygen atoms in total. The number of imide groups is 3. The second-order valence-corrected chi connectivity index (χ2v) is 12.6. The summed E-state index contributed by atoms with van der Waals surface area (Å²) in [5.74, 6) is -1.46. The third-order valence-electron chi connectivity index (χ3n) is 10.2. The summed E-state index contributed by atoms with van der Waals surface area (Å²) in [4.78, 5) is 71.4. The van der Waals surface area contributed by atoms with Crippen molar-refractivity contribution in [2.45, 2.75) is 75.8 Å². The van der Waals surface area contributed by atoms with E-state index >= 15 is 0 Å². The zero-order valence-corrected chi connectivity index (χ0v) is 22.5. The third-order valence-corrected chi connectivity index (χ3v) is 10.2. The molecule has 3 saturated heterocycles. The first-order valence-electron chi connectivity index (χ1n) is 14.2. The Bertz CT molecular complexity index is 1140. The van der Waals surface area contributed by atoms with E-state index in [0.29, 0.717) is 45.4 Å². The van der Waals surface area contributed by atoms with E-state index in [0.717, 1.165) is 43.4 Å². The monoisotopic (exact) mass is 542 g/mol. The molecule has 0 aromatic heterocycles. The van der Waals surface area contributed by atoms with Gasteiger partial charge < -0.3 is 21.1 Å². The van der Waals surface area contributed by atoms with Crippen LogP contribution in [0, 0.1) is 17.3 Å². The predicted molar refractivity (Wildman–Crippen MR) is 137 cm³/mol. The first-order chi connectivity index (χ1) is 18.6. The molecule has 6 aliphatic rings. The molecule has 4 N–H and O–H groups in total. The number of ether oxygens (including phenoxy) is 1. The van der Waals surface area contributed by atoms with Gasteiger partial charge >= 0.3 is 12.1 Å². The Labute approximate surface area is 227 Å². The highest BCUT2D eigenvalue weighted by Gasteiger charge is 2.68. The van der Waals surface area contributed by atoms with Crippen molar-refractivity contribution in [2.24, 2.45) is 28.7 Å². The Morgan fingerprint density at radius 3 is 2.15 bits per heavy atom. The number of nitrogens with two attached hydrogens (primary N) is 2. The average molecular weight is 543 g/mol. The van der Waals surface area contributed by atoms with Gasteiger partial charge in [-0.1, -0.05) is 6.42 Å². The Morgan fingerprint density at radius 1 is 0.897 bits per heavy atom. The largest absolute Gasteiger partial charge is 0.385 e. The maximum atomic E-state index is 13.5. The highest BCUT2D eigenvalue weighted by molar-refractivity contribution is 6.29. The maximum Gasteiger partial charge on any atom is 0.334 e. The van der Waals surface area contributed by atoms with E-state index < -0.39 is 23.4 Å². The topological polar surface area (TPSA) is 160 Å². The van der Waals surface area contributed by atoms with Crippen LogP contribution in [-0.2, 0) is 19.1 Å². The van der Waals surface area contributed by atoms with E-state index in [-0.39, 0.29) is 53.2 Å². The number of carbonyl (C=O) groups is 5. The van der Waals surface area contributed by atoms with Gasteiger partial charge in [-0.2, -0.15) is 0 Å². The molecule has 212 valence electrons. The zero-order chi connectivity index (χ0) is 27.7. The minimum absolute atomic E-state index is 0.128. The number of likely N-dealkylation sites (N-methyl/N-ethyl adjacent to an activating group) is 1. The molecule has 0 bridgehead atoms. The molecule has 0 unspecified atom stereocenters. The van der Waals surface area contributed by atoms with Gasteiger partial charge in [0.1, 0.15) is 16.9 Å². The molecule has 3 heterocycles. The number of rotatable bonds is 5. The van der Waals surface area contributed by atoms with Crippen LogP contribution in [0.15, 0.2) is 11.4 Å². The van der Waals surface area contributed by atoms with Crippen molar-refractivity contribution in [1.82, 2.24) is 19.6 Å². The Morgan fingerprint density at radius 2 is 1.59 bits per heavy atom. The molecule has 0 radical (unpaired) electrons. The van der Waals surface area contributed by atoms with Gasteiger partial charge in [0, 0.05) is 38.7 Å².